The van der Waals surface area contributed by atoms with E-state index in [1.54, 1.807) is 0 Å². The van der Waals surface area contributed by atoms with Crippen LogP contribution < -0.4 is 5.32 Å². The zero-order chi connectivity index (χ0) is 6.10. The molecule has 0 aromatic rings. The summed E-state index contributed by atoms with van der Waals surface area (Å²) < 4.78 is 5.54. The van der Waals surface area contributed by atoms with E-state index in [0.29, 0.717) is 6.10 Å². The highest BCUT2D eigenvalue weighted by Gasteiger charge is 2.32. The van der Waals surface area contributed by atoms with Gasteiger partial charge >= 0.3 is 0 Å². The van der Waals surface area contributed by atoms with Crippen molar-refractivity contribution < 1.29 is 4.74 Å². The number of rotatable bonds is 1. The molecular weight excluding hydrogens is 114 g/mol. The second-order valence-electron chi connectivity index (χ2n) is 2.95. The van der Waals surface area contributed by atoms with Crippen LogP contribution >= 0.6 is 0 Å². The molecule has 1 aliphatic heterocycles. The molecule has 0 amide bonds. The molecule has 2 rings (SSSR count). The monoisotopic (exact) mass is 127 g/mol. The molecule has 0 bridgehead atoms. The SMILES string of the molecule is C1CO[C@@H](C2CC2)CN1. The zero-order valence-electron chi connectivity index (χ0n) is 5.60. The molecule has 9 heavy (non-hydrogen) atoms. The Morgan fingerprint density at radius 2 is 2.22 bits per heavy atom. The van der Waals surface area contributed by atoms with E-state index >= 15 is 0 Å². The van der Waals surface area contributed by atoms with Gasteiger partial charge in [0.25, 0.3) is 0 Å². The van der Waals surface area contributed by atoms with Crippen molar-refractivity contribution in [3.05, 3.63) is 0 Å². The molecule has 2 aliphatic rings. The summed E-state index contributed by atoms with van der Waals surface area (Å²) in [7, 11) is 0. The van der Waals surface area contributed by atoms with Crippen molar-refractivity contribution in [3.8, 4) is 0 Å². The van der Waals surface area contributed by atoms with E-state index in [2.05, 4.69) is 5.32 Å². The summed E-state index contributed by atoms with van der Waals surface area (Å²) in [6, 6.07) is 0. The lowest BCUT2D eigenvalue weighted by Gasteiger charge is -2.22. The molecule has 2 heteroatoms. The molecule has 52 valence electrons. The summed E-state index contributed by atoms with van der Waals surface area (Å²) in [6.45, 7) is 3.05. The first-order valence-electron chi connectivity index (χ1n) is 3.79. The van der Waals surface area contributed by atoms with Gasteiger partial charge in [-0.3, -0.25) is 0 Å². The van der Waals surface area contributed by atoms with Crippen LogP contribution in [0.5, 0.6) is 0 Å². The molecule has 1 heterocycles. The normalized spacial score (nSPS) is 36.7. The molecule has 0 radical (unpaired) electrons. The molecule has 0 aromatic heterocycles. The van der Waals surface area contributed by atoms with E-state index in [0.717, 1.165) is 25.6 Å². The molecule has 1 N–H and O–H groups in total. The minimum absolute atomic E-state index is 0.554. The minimum atomic E-state index is 0.554. The molecule has 2 nitrogen and oxygen atoms in total. The lowest BCUT2D eigenvalue weighted by atomic mass is 10.2. The van der Waals surface area contributed by atoms with E-state index in [9.17, 15) is 0 Å². The Balaban J connectivity index is 1.80. The van der Waals surface area contributed by atoms with Crippen LogP contribution in [-0.2, 0) is 4.74 Å². The Hall–Kier alpha value is -0.0800. The number of morpholine rings is 1. The second kappa shape index (κ2) is 2.27. The van der Waals surface area contributed by atoms with Gasteiger partial charge in [-0.25, -0.2) is 0 Å². The van der Waals surface area contributed by atoms with Gasteiger partial charge in [0, 0.05) is 13.1 Å². The van der Waals surface area contributed by atoms with Gasteiger partial charge in [-0.1, -0.05) is 0 Å². The Labute approximate surface area is 55.6 Å². The maximum atomic E-state index is 5.54. The third kappa shape index (κ3) is 1.25. The van der Waals surface area contributed by atoms with Crippen molar-refractivity contribution in [1.29, 1.82) is 0 Å². The highest BCUT2D eigenvalue weighted by molar-refractivity contribution is 4.84. The second-order valence-corrected chi connectivity index (χ2v) is 2.95. The van der Waals surface area contributed by atoms with E-state index in [1.807, 2.05) is 0 Å². The van der Waals surface area contributed by atoms with E-state index < -0.39 is 0 Å². The molecule has 1 atom stereocenters. The minimum Gasteiger partial charge on any atom is -0.375 e. The topological polar surface area (TPSA) is 21.3 Å². The maximum absolute atomic E-state index is 5.54. The van der Waals surface area contributed by atoms with Crippen LogP contribution in [0.2, 0.25) is 0 Å². The number of ether oxygens (including phenoxy) is 1. The predicted octanol–water partition coefficient (Wildman–Crippen LogP) is 0.385. The Bertz CT molecular complexity index is 95.1. The van der Waals surface area contributed by atoms with Crippen LogP contribution in [0.1, 0.15) is 12.8 Å². The quantitative estimate of drug-likeness (QED) is 0.550. The fourth-order valence-corrected chi connectivity index (χ4v) is 1.36. The molecule has 1 saturated heterocycles. The number of hydrogen-bond acceptors (Lipinski definition) is 2. The number of hydrogen-bond donors (Lipinski definition) is 1. The van der Waals surface area contributed by atoms with Gasteiger partial charge < -0.3 is 10.1 Å². The van der Waals surface area contributed by atoms with Crippen molar-refractivity contribution in [1.82, 2.24) is 5.32 Å². The van der Waals surface area contributed by atoms with Gasteiger partial charge in [0.05, 0.1) is 12.7 Å². The Kier molecular flexibility index (Phi) is 1.44. The van der Waals surface area contributed by atoms with Crippen molar-refractivity contribution >= 4 is 0 Å². The summed E-state index contributed by atoms with van der Waals surface area (Å²) in [5, 5.41) is 3.33. The molecule has 1 saturated carbocycles. The summed E-state index contributed by atoms with van der Waals surface area (Å²) in [5.41, 5.74) is 0. The van der Waals surface area contributed by atoms with Gasteiger partial charge in [0.2, 0.25) is 0 Å². The van der Waals surface area contributed by atoms with Crippen molar-refractivity contribution in [2.45, 2.75) is 18.9 Å². The lowest BCUT2D eigenvalue weighted by molar-refractivity contribution is 0.0149. The summed E-state index contributed by atoms with van der Waals surface area (Å²) >= 11 is 0. The van der Waals surface area contributed by atoms with Gasteiger partial charge in [-0.2, -0.15) is 0 Å². The smallest absolute Gasteiger partial charge is 0.0728 e. The first-order chi connectivity index (χ1) is 4.47. The van der Waals surface area contributed by atoms with Gasteiger partial charge in [-0.15, -0.1) is 0 Å². The Morgan fingerprint density at radius 3 is 2.78 bits per heavy atom. The van der Waals surface area contributed by atoms with Crippen LogP contribution in [-0.4, -0.2) is 25.8 Å². The summed E-state index contributed by atoms with van der Waals surface area (Å²) in [4.78, 5) is 0. The molecule has 0 aromatic carbocycles. The van der Waals surface area contributed by atoms with E-state index in [4.69, 9.17) is 4.74 Å². The maximum Gasteiger partial charge on any atom is 0.0728 e. The molecule has 0 unspecified atom stereocenters. The van der Waals surface area contributed by atoms with Crippen LogP contribution in [0.4, 0.5) is 0 Å². The van der Waals surface area contributed by atoms with E-state index in [-0.39, 0.29) is 0 Å². The van der Waals surface area contributed by atoms with Gasteiger partial charge in [0.15, 0.2) is 0 Å². The summed E-state index contributed by atoms with van der Waals surface area (Å²) in [5.74, 6) is 0.901. The fraction of sp³-hybridized carbons (Fsp3) is 1.00. The summed E-state index contributed by atoms with van der Waals surface area (Å²) in [6.07, 6.45) is 3.34. The number of nitrogens with one attached hydrogen (secondary N) is 1. The largest absolute Gasteiger partial charge is 0.375 e. The molecule has 0 spiro atoms. The molecule has 1 aliphatic carbocycles. The molecule has 2 fully saturated rings. The average Bonchev–Trinajstić information content (AvgIpc) is 2.71. The first kappa shape index (κ1) is 5.69. The van der Waals surface area contributed by atoms with Crippen molar-refractivity contribution in [2.24, 2.45) is 5.92 Å². The Morgan fingerprint density at radius 1 is 1.33 bits per heavy atom. The lowest BCUT2D eigenvalue weighted by Crippen LogP contribution is -2.39. The van der Waals surface area contributed by atoms with Crippen LogP contribution in [0.3, 0.4) is 0 Å². The van der Waals surface area contributed by atoms with Gasteiger partial charge in [-0.05, 0) is 18.8 Å². The first-order valence-corrected chi connectivity index (χ1v) is 3.79. The highest BCUT2D eigenvalue weighted by Crippen LogP contribution is 2.34. The van der Waals surface area contributed by atoms with Crippen molar-refractivity contribution in [2.75, 3.05) is 19.7 Å². The van der Waals surface area contributed by atoms with E-state index in [1.165, 1.54) is 12.8 Å². The fourth-order valence-electron chi connectivity index (χ4n) is 1.36. The van der Waals surface area contributed by atoms with Crippen molar-refractivity contribution in [3.63, 3.8) is 0 Å². The average molecular weight is 127 g/mol. The highest BCUT2D eigenvalue weighted by atomic mass is 16.5. The van der Waals surface area contributed by atoms with Crippen LogP contribution in [0, 0.1) is 5.92 Å². The standard InChI is InChI=1S/C7H13NO/c1-2-6(1)7-5-8-3-4-9-7/h6-8H,1-5H2/t7-/m1/s1. The third-order valence-electron chi connectivity index (χ3n) is 2.10. The van der Waals surface area contributed by atoms with Gasteiger partial charge in [0.1, 0.15) is 0 Å². The third-order valence-corrected chi connectivity index (χ3v) is 2.10. The van der Waals surface area contributed by atoms with Crippen LogP contribution in [0.25, 0.3) is 0 Å². The van der Waals surface area contributed by atoms with Crippen LogP contribution in [0.15, 0.2) is 0 Å². The predicted molar refractivity (Wildman–Crippen MR) is 35.3 cm³/mol. The zero-order valence-corrected chi connectivity index (χ0v) is 5.60. The molecular formula is C7H13NO.